The Balaban J connectivity index is 1.81. The molecule has 0 atom stereocenters. The highest BCUT2D eigenvalue weighted by molar-refractivity contribution is 9.10. The molecule has 0 fully saturated rings. The third-order valence-corrected chi connectivity index (χ3v) is 6.45. The number of benzene rings is 4. The van der Waals surface area contributed by atoms with Crippen molar-refractivity contribution in [3.8, 4) is 0 Å². The van der Waals surface area contributed by atoms with E-state index in [2.05, 4.69) is 21.0 Å². The molecular weight excluding hydrogens is 502 g/mol. The first-order valence-corrected chi connectivity index (χ1v) is 12.0. The molecule has 0 radical (unpaired) electrons. The molecule has 5 nitrogen and oxygen atoms in total. The van der Waals surface area contributed by atoms with Gasteiger partial charge in [0.05, 0.1) is 6.04 Å². The Kier molecular flexibility index (Phi) is 6.55. The highest BCUT2D eigenvalue weighted by atomic mass is 79.9. The van der Waals surface area contributed by atoms with Gasteiger partial charge in [-0.2, -0.15) is 5.10 Å². The molecule has 1 aromatic heterocycles. The summed E-state index contributed by atoms with van der Waals surface area (Å²) in [6, 6.07) is 37.4. The number of aromatic nitrogens is 3. The van der Waals surface area contributed by atoms with Crippen LogP contribution in [0.2, 0.25) is 0 Å². The van der Waals surface area contributed by atoms with Gasteiger partial charge < -0.3 is 0 Å². The van der Waals surface area contributed by atoms with E-state index in [0.717, 1.165) is 22.3 Å². The van der Waals surface area contributed by atoms with Gasteiger partial charge in [0.15, 0.2) is 4.60 Å². The van der Waals surface area contributed by atoms with E-state index in [4.69, 9.17) is 0 Å². The standard InChI is InChI=1S/C29H22BrN3O2/c30-27-28(34)32(25(21-13-5-1-6-14-21)22-15-7-2-8-16-22)29(35)33(31-27)26(23-17-9-3-10-18-23)24-19-11-4-12-20-24/h1-20,25-26H. The number of hydrogen-bond donors (Lipinski definition) is 0. The molecule has 1 heterocycles. The van der Waals surface area contributed by atoms with Crippen molar-refractivity contribution in [1.82, 2.24) is 14.3 Å². The molecule has 4 aromatic carbocycles. The van der Waals surface area contributed by atoms with Crippen LogP contribution >= 0.6 is 15.9 Å². The van der Waals surface area contributed by atoms with Crippen molar-refractivity contribution in [2.75, 3.05) is 0 Å². The molecule has 0 spiro atoms. The molecule has 6 heteroatoms. The molecule has 0 aliphatic heterocycles. The van der Waals surface area contributed by atoms with Gasteiger partial charge in [-0.1, -0.05) is 121 Å². The molecule has 0 aliphatic carbocycles. The van der Waals surface area contributed by atoms with Crippen LogP contribution in [-0.2, 0) is 0 Å². The van der Waals surface area contributed by atoms with Crippen LogP contribution in [0.5, 0.6) is 0 Å². The Bertz CT molecular complexity index is 1460. The molecule has 5 aromatic rings. The number of nitrogens with zero attached hydrogens (tertiary/aromatic N) is 3. The van der Waals surface area contributed by atoms with Crippen molar-refractivity contribution >= 4 is 15.9 Å². The van der Waals surface area contributed by atoms with Gasteiger partial charge in [0.1, 0.15) is 6.04 Å². The normalized spacial score (nSPS) is 11.2. The fraction of sp³-hybridized carbons (Fsp3) is 0.0690. The summed E-state index contributed by atoms with van der Waals surface area (Å²) in [6.45, 7) is 0. The first-order valence-electron chi connectivity index (χ1n) is 11.3. The molecule has 0 aliphatic rings. The minimum Gasteiger partial charge on any atom is -0.266 e. The SMILES string of the molecule is O=c1c(Br)nn(C(c2ccccc2)c2ccccc2)c(=O)n1C(c1ccccc1)c1ccccc1. The van der Waals surface area contributed by atoms with Gasteiger partial charge in [-0.15, -0.1) is 0 Å². The molecular formula is C29H22BrN3O2. The predicted molar refractivity (Wildman–Crippen MR) is 141 cm³/mol. The van der Waals surface area contributed by atoms with Gasteiger partial charge >= 0.3 is 5.69 Å². The summed E-state index contributed by atoms with van der Waals surface area (Å²) in [5.41, 5.74) is 2.47. The molecule has 172 valence electrons. The predicted octanol–water partition coefficient (Wildman–Crippen LogP) is 5.44. The number of halogens is 1. The highest BCUT2D eigenvalue weighted by Gasteiger charge is 2.27. The van der Waals surface area contributed by atoms with Gasteiger partial charge in [-0.05, 0) is 38.2 Å². The Labute approximate surface area is 211 Å². The van der Waals surface area contributed by atoms with Crippen LogP contribution in [-0.4, -0.2) is 14.3 Å². The van der Waals surface area contributed by atoms with Crippen LogP contribution in [0.1, 0.15) is 34.3 Å². The summed E-state index contributed by atoms with van der Waals surface area (Å²) < 4.78 is 2.76. The third-order valence-electron chi connectivity index (χ3n) is 5.96. The van der Waals surface area contributed by atoms with Crippen LogP contribution in [0.3, 0.4) is 0 Å². The molecule has 35 heavy (non-hydrogen) atoms. The summed E-state index contributed by atoms with van der Waals surface area (Å²) in [4.78, 5) is 27.6. The van der Waals surface area contributed by atoms with Crippen molar-refractivity contribution < 1.29 is 0 Å². The highest BCUT2D eigenvalue weighted by Crippen LogP contribution is 2.27. The van der Waals surface area contributed by atoms with Crippen LogP contribution in [0, 0.1) is 0 Å². The zero-order valence-electron chi connectivity index (χ0n) is 18.7. The van der Waals surface area contributed by atoms with Crippen LogP contribution in [0.4, 0.5) is 0 Å². The van der Waals surface area contributed by atoms with Crippen molar-refractivity contribution in [3.05, 3.63) is 169 Å². The summed E-state index contributed by atoms with van der Waals surface area (Å²) in [6.07, 6.45) is 0. The molecule has 5 rings (SSSR count). The first-order chi connectivity index (χ1) is 17.1. The number of rotatable bonds is 6. The van der Waals surface area contributed by atoms with Crippen LogP contribution in [0.25, 0.3) is 0 Å². The zero-order valence-corrected chi connectivity index (χ0v) is 20.3. The van der Waals surface area contributed by atoms with Gasteiger partial charge in [0, 0.05) is 0 Å². The molecule has 0 saturated heterocycles. The Hall–Kier alpha value is -4.03. The summed E-state index contributed by atoms with van der Waals surface area (Å²) in [5.74, 6) is 0. The van der Waals surface area contributed by atoms with E-state index < -0.39 is 23.3 Å². The molecule has 0 bridgehead atoms. The average molecular weight is 524 g/mol. The Morgan fingerprint density at radius 1 is 0.543 bits per heavy atom. The van der Waals surface area contributed by atoms with E-state index in [1.54, 1.807) is 0 Å². The summed E-state index contributed by atoms with van der Waals surface area (Å²) >= 11 is 3.35. The lowest BCUT2D eigenvalue weighted by Gasteiger charge is -2.24. The van der Waals surface area contributed by atoms with E-state index >= 15 is 0 Å². The van der Waals surface area contributed by atoms with Gasteiger partial charge in [0.25, 0.3) is 5.56 Å². The Morgan fingerprint density at radius 3 is 1.26 bits per heavy atom. The fourth-order valence-corrected chi connectivity index (χ4v) is 4.74. The van der Waals surface area contributed by atoms with Gasteiger partial charge in [0.2, 0.25) is 0 Å². The maximum absolute atomic E-state index is 14.2. The lowest BCUT2D eigenvalue weighted by Crippen LogP contribution is -2.46. The Morgan fingerprint density at radius 2 is 0.886 bits per heavy atom. The van der Waals surface area contributed by atoms with Crippen molar-refractivity contribution in [1.29, 1.82) is 0 Å². The zero-order chi connectivity index (χ0) is 24.2. The summed E-state index contributed by atoms with van der Waals surface area (Å²) in [5, 5.41) is 4.44. The second kappa shape index (κ2) is 10.1. The first kappa shape index (κ1) is 22.7. The molecule has 0 unspecified atom stereocenters. The maximum atomic E-state index is 14.2. The van der Waals surface area contributed by atoms with Crippen molar-refractivity contribution in [2.24, 2.45) is 0 Å². The van der Waals surface area contributed by atoms with E-state index in [0.29, 0.717) is 0 Å². The minimum absolute atomic E-state index is 0.0748. The minimum atomic E-state index is -0.616. The molecule has 0 N–H and O–H groups in total. The van der Waals surface area contributed by atoms with E-state index in [-0.39, 0.29) is 4.60 Å². The monoisotopic (exact) mass is 523 g/mol. The van der Waals surface area contributed by atoms with E-state index in [1.807, 2.05) is 121 Å². The van der Waals surface area contributed by atoms with E-state index in [1.165, 1.54) is 9.25 Å². The van der Waals surface area contributed by atoms with Crippen LogP contribution < -0.4 is 11.2 Å². The lowest BCUT2D eigenvalue weighted by molar-refractivity contribution is 0.467. The summed E-state index contributed by atoms with van der Waals surface area (Å²) in [7, 11) is 0. The van der Waals surface area contributed by atoms with Crippen molar-refractivity contribution in [2.45, 2.75) is 12.1 Å². The molecule has 0 saturated carbocycles. The second-order valence-electron chi connectivity index (χ2n) is 8.14. The lowest BCUT2D eigenvalue weighted by atomic mass is 9.98. The molecule has 0 amide bonds. The van der Waals surface area contributed by atoms with Crippen molar-refractivity contribution in [3.63, 3.8) is 0 Å². The topological polar surface area (TPSA) is 56.9 Å². The maximum Gasteiger partial charge on any atom is 0.349 e. The largest absolute Gasteiger partial charge is 0.349 e. The van der Waals surface area contributed by atoms with Crippen LogP contribution in [0.15, 0.2) is 136 Å². The average Bonchev–Trinajstić information content (AvgIpc) is 2.92. The fourth-order valence-electron chi connectivity index (χ4n) is 4.38. The van der Waals surface area contributed by atoms with E-state index in [9.17, 15) is 9.59 Å². The third kappa shape index (κ3) is 4.53. The second-order valence-corrected chi connectivity index (χ2v) is 8.89. The van der Waals surface area contributed by atoms with Gasteiger partial charge in [-0.25, -0.2) is 14.0 Å². The smallest absolute Gasteiger partial charge is 0.266 e. The quantitative estimate of drug-likeness (QED) is 0.297. The number of hydrogen-bond acceptors (Lipinski definition) is 3. The van der Waals surface area contributed by atoms with Gasteiger partial charge in [-0.3, -0.25) is 4.79 Å².